The fraction of sp³-hybridized carbons (Fsp3) is 0.333. The van der Waals surface area contributed by atoms with Crippen LogP contribution < -0.4 is 4.48 Å². The molecule has 1 aromatic carbocycles. The zero-order valence-electron chi connectivity index (χ0n) is 7.94. The van der Waals surface area contributed by atoms with E-state index in [9.17, 15) is 8.78 Å². The van der Waals surface area contributed by atoms with E-state index in [0.717, 1.165) is 6.07 Å². The number of rotatable bonds is 1. The second-order valence-corrected chi connectivity index (χ2v) is 3.59. The summed E-state index contributed by atoms with van der Waals surface area (Å²) in [6, 6.07) is 4.21. The first-order valence-electron chi connectivity index (χ1n) is 3.69. The second-order valence-electron chi connectivity index (χ2n) is 3.59. The summed E-state index contributed by atoms with van der Waals surface area (Å²) in [6.45, 7) is 0. The molecule has 0 saturated heterocycles. The van der Waals surface area contributed by atoms with Gasteiger partial charge in [0.05, 0.1) is 21.1 Å². The minimum absolute atomic E-state index is 0. The third kappa shape index (κ3) is 2.91. The molecular weight excluding hydrogens is 279 g/mol. The zero-order chi connectivity index (χ0) is 9.35. The van der Waals surface area contributed by atoms with Crippen LogP contribution in [-0.2, 0) is 0 Å². The van der Waals surface area contributed by atoms with Gasteiger partial charge in [0.1, 0.15) is 0 Å². The van der Waals surface area contributed by atoms with Crippen molar-refractivity contribution in [2.24, 2.45) is 0 Å². The standard InChI is InChI=1S/C9H12F2N.Sn/c1-12(2,3)8-6-4-5-7(10)9(8)11;/h4-6H,1-3H3;/q+1;. The van der Waals surface area contributed by atoms with E-state index >= 15 is 0 Å². The molecule has 13 heavy (non-hydrogen) atoms. The minimum Gasteiger partial charge on any atom is -0.296 e. The quantitative estimate of drug-likeness (QED) is 0.546. The van der Waals surface area contributed by atoms with E-state index in [4.69, 9.17) is 0 Å². The SMILES string of the molecule is C[N+](C)(C)c1cccc(F)c1F.[Sn]. The first-order valence-corrected chi connectivity index (χ1v) is 3.69. The summed E-state index contributed by atoms with van der Waals surface area (Å²) < 4.78 is 26.1. The fourth-order valence-electron chi connectivity index (χ4n) is 1.01. The van der Waals surface area contributed by atoms with Crippen molar-refractivity contribution in [2.75, 3.05) is 21.1 Å². The molecule has 0 spiro atoms. The smallest absolute Gasteiger partial charge is 0.219 e. The zero-order valence-corrected chi connectivity index (χ0v) is 10.8. The van der Waals surface area contributed by atoms with Crippen LogP contribution in [0.4, 0.5) is 14.5 Å². The van der Waals surface area contributed by atoms with Crippen molar-refractivity contribution in [1.82, 2.24) is 4.48 Å². The van der Waals surface area contributed by atoms with E-state index < -0.39 is 11.6 Å². The largest absolute Gasteiger partial charge is 0.296 e. The maximum absolute atomic E-state index is 13.1. The van der Waals surface area contributed by atoms with E-state index in [1.54, 1.807) is 27.2 Å². The van der Waals surface area contributed by atoms with Crippen molar-refractivity contribution in [3.8, 4) is 0 Å². The maximum Gasteiger partial charge on any atom is 0.219 e. The Morgan fingerprint density at radius 2 is 1.62 bits per heavy atom. The number of nitrogens with zero attached hydrogens (tertiary/aromatic N) is 1. The van der Waals surface area contributed by atoms with Crippen molar-refractivity contribution in [3.63, 3.8) is 0 Å². The van der Waals surface area contributed by atoms with Gasteiger partial charge in [0, 0.05) is 30.0 Å². The van der Waals surface area contributed by atoms with Crippen LogP contribution in [0.1, 0.15) is 0 Å². The summed E-state index contributed by atoms with van der Waals surface area (Å²) in [7, 11) is 5.37. The Labute approximate surface area is 93.9 Å². The normalized spacial score (nSPS) is 10.8. The Morgan fingerprint density at radius 1 is 1.08 bits per heavy atom. The van der Waals surface area contributed by atoms with Gasteiger partial charge in [-0.05, 0) is 6.07 Å². The third-order valence-corrected chi connectivity index (χ3v) is 1.65. The van der Waals surface area contributed by atoms with Crippen molar-refractivity contribution in [1.29, 1.82) is 0 Å². The third-order valence-electron chi connectivity index (χ3n) is 1.65. The maximum atomic E-state index is 13.1. The molecule has 1 nitrogen and oxygen atoms in total. The molecule has 4 radical (unpaired) electrons. The van der Waals surface area contributed by atoms with E-state index in [1.165, 1.54) is 6.07 Å². The van der Waals surface area contributed by atoms with Crippen molar-refractivity contribution in [3.05, 3.63) is 29.8 Å². The van der Waals surface area contributed by atoms with E-state index in [0.29, 0.717) is 5.69 Å². The van der Waals surface area contributed by atoms with Gasteiger partial charge in [-0.25, -0.2) is 4.39 Å². The summed E-state index contributed by atoms with van der Waals surface area (Å²) in [6.07, 6.45) is 0. The van der Waals surface area contributed by atoms with Gasteiger partial charge in [-0.3, -0.25) is 4.48 Å². The predicted molar refractivity (Wildman–Crippen MR) is 51.7 cm³/mol. The topological polar surface area (TPSA) is 0 Å². The van der Waals surface area contributed by atoms with Gasteiger partial charge in [0.25, 0.3) is 0 Å². The average molecular weight is 291 g/mol. The second kappa shape index (κ2) is 4.37. The molecule has 1 aromatic rings. The van der Waals surface area contributed by atoms with Crippen LogP contribution in [-0.4, -0.2) is 45.1 Å². The molecule has 0 aromatic heterocycles. The summed E-state index contributed by atoms with van der Waals surface area (Å²) >= 11 is 0. The number of benzene rings is 1. The van der Waals surface area contributed by atoms with Gasteiger partial charge in [0.2, 0.25) is 5.82 Å². The van der Waals surface area contributed by atoms with Crippen LogP contribution in [0.25, 0.3) is 0 Å². The molecule has 4 heteroatoms. The van der Waals surface area contributed by atoms with E-state index in [-0.39, 0.29) is 28.4 Å². The Kier molecular flexibility index (Phi) is 4.32. The molecule has 0 aliphatic carbocycles. The van der Waals surface area contributed by atoms with E-state index in [1.807, 2.05) is 0 Å². The van der Waals surface area contributed by atoms with Gasteiger partial charge in [-0.2, -0.15) is 4.39 Å². The summed E-state index contributed by atoms with van der Waals surface area (Å²) in [4.78, 5) is 0. The summed E-state index contributed by atoms with van der Waals surface area (Å²) in [5.41, 5.74) is 0.356. The molecule has 0 aliphatic heterocycles. The monoisotopic (exact) mass is 292 g/mol. The molecular formula is C9H12F2NSn+. The molecule has 0 unspecified atom stereocenters. The minimum atomic E-state index is -0.791. The van der Waals surface area contributed by atoms with Crippen molar-refractivity contribution in [2.45, 2.75) is 0 Å². The van der Waals surface area contributed by atoms with Crippen LogP contribution in [0.15, 0.2) is 18.2 Å². The molecule has 0 amide bonds. The number of hydrogen-bond donors (Lipinski definition) is 0. The van der Waals surface area contributed by atoms with Crippen LogP contribution in [0.2, 0.25) is 0 Å². The first-order chi connectivity index (χ1) is 5.43. The molecule has 0 atom stereocenters. The van der Waals surface area contributed by atoms with Crippen molar-refractivity contribution < 1.29 is 8.78 Å². The molecule has 0 heterocycles. The summed E-state index contributed by atoms with van der Waals surface area (Å²) in [5, 5.41) is 0. The van der Waals surface area contributed by atoms with Gasteiger partial charge in [-0.15, -0.1) is 0 Å². The number of hydrogen-bond acceptors (Lipinski definition) is 0. The summed E-state index contributed by atoms with van der Waals surface area (Å²) in [5.74, 6) is -1.55. The van der Waals surface area contributed by atoms with Crippen LogP contribution in [0, 0.1) is 11.6 Å². The van der Waals surface area contributed by atoms with Gasteiger partial charge < -0.3 is 0 Å². The molecule has 0 fully saturated rings. The van der Waals surface area contributed by atoms with Crippen molar-refractivity contribution >= 4 is 29.6 Å². The Morgan fingerprint density at radius 3 is 2.00 bits per heavy atom. The average Bonchev–Trinajstić information content (AvgIpc) is 1.92. The van der Waals surface area contributed by atoms with Gasteiger partial charge in [-0.1, -0.05) is 6.07 Å². The van der Waals surface area contributed by atoms with Gasteiger partial charge >= 0.3 is 0 Å². The Bertz CT molecular complexity index is 294. The molecule has 0 bridgehead atoms. The van der Waals surface area contributed by atoms with Crippen LogP contribution >= 0.6 is 0 Å². The first kappa shape index (κ1) is 12.8. The Hall–Kier alpha value is -0.161. The predicted octanol–water partition coefficient (Wildman–Crippen LogP) is 1.78. The van der Waals surface area contributed by atoms with Gasteiger partial charge in [0.15, 0.2) is 11.5 Å². The van der Waals surface area contributed by atoms with Crippen LogP contribution in [0.5, 0.6) is 0 Å². The molecule has 0 saturated carbocycles. The Balaban J connectivity index is 0.00000144. The molecule has 70 valence electrons. The number of quaternary nitrogens is 1. The van der Waals surface area contributed by atoms with Crippen LogP contribution in [0.3, 0.4) is 0 Å². The number of halogens is 2. The van der Waals surface area contributed by atoms with E-state index in [2.05, 4.69) is 0 Å². The molecule has 0 aliphatic rings. The molecule has 0 N–H and O–H groups in total. The fourth-order valence-corrected chi connectivity index (χ4v) is 1.01. The molecule has 1 rings (SSSR count).